The predicted molar refractivity (Wildman–Crippen MR) is 106 cm³/mol. The second-order valence-corrected chi connectivity index (χ2v) is 7.93. The minimum Gasteiger partial charge on any atom is -0.373 e. The first-order valence-corrected chi connectivity index (χ1v) is 9.59. The maximum absolute atomic E-state index is 13.0. The fourth-order valence-corrected chi connectivity index (χ4v) is 4.22. The zero-order valence-corrected chi connectivity index (χ0v) is 17.3. The summed E-state index contributed by atoms with van der Waals surface area (Å²) in [5, 5.41) is 3.63. The van der Waals surface area contributed by atoms with Gasteiger partial charge in [-0.3, -0.25) is 24.3 Å². The molecule has 146 valence electrons. The summed E-state index contributed by atoms with van der Waals surface area (Å²) in [5.74, 6) is -0.402. The van der Waals surface area contributed by atoms with Gasteiger partial charge in [0.15, 0.2) is 0 Å². The molecule has 0 saturated carbocycles. The summed E-state index contributed by atoms with van der Waals surface area (Å²) in [6, 6.07) is 3.24. The lowest BCUT2D eigenvalue weighted by molar-refractivity contribution is -0.0704. The van der Waals surface area contributed by atoms with Crippen LogP contribution in [0.25, 0.3) is 0 Å². The van der Waals surface area contributed by atoms with Crippen molar-refractivity contribution in [3.05, 3.63) is 54.9 Å². The molecule has 0 radical (unpaired) electrons. The fraction of sp³-hybridized carbons (Fsp3) is 0.474. The predicted octanol–water partition coefficient (Wildman–Crippen LogP) is 3.17. The zero-order valence-electron chi connectivity index (χ0n) is 15.8. The van der Waals surface area contributed by atoms with Gasteiger partial charge in [-0.05, 0) is 32.9 Å². The van der Waals surface area contributed by atoms with Crippen molar-refractivity contribution in [3.63, 3.8) is 0 Å². The van der Waals surface area contributed by atoms with Crippen LogP contribution in [0.4, 0.5) is 0 Å². The summed E-state index contributed by atoms with van der Waals surface area (Å²) >= 11 is 13.0. The monoisotopic (exact) mass is 411 g/mol. The van der Waals surface area contributed by atoms with Crippen molar-refractivity contribution >= 4 is 29.0 Å². The van der Waals surface area contributed by atoms with Crippen molar-refractivity contribution in [3.8, 4) is 0 Å². The molecule has 1 aromatic carbocycles. The molecule has 1 aromatic heterocycles. The van der Waals surface area contributed by atoms with Gasteiger partial charge in [-0.25, -0.2) is 0 Å². The number of morpholine rings is 1. The molecular weight excluding hydrogens is 389 g/mol. The van der Waals surface area contributed by atoms with Crippen molar-refractivity contribution in [2.45, 2.75) is 39.5 Å². The van der Waals surface area contributed by atoms with E-state index in [-0.39, 0.29) is 28.9 Å². The number of hydrogen-bond acceptors (Lipinski definition) is 4. The number of ketones is 1. The maximum Gasteiger partial charge on any atom is 0.277 e. The molecule has 1 fully saturated rings. The molecule has 2 unspecified atom stereocenters. The number of carbonyl (C=O) groups is 1. The van der Waals surface area contributed by atoms with Gasteiger partial charge >= 0.3 is 0 Å². The highest BCUT2D eigenvalue weighted by Gasteiger charge is 2.26. The molecule has 6 nitrogen and oxygen atoms in total. The van der Waals surface area contributed by atoms with Gasteiger partial charge in [-0.15, -0.1) is 0 Å². The lowest BCUT2D eigenvalue weighted by atomic mass is 10.0. The number of rotatable bonds is 4. The van der Waals surface area contributed by atoms with Crippen LogP contribution in [0.15, 0.2) is 16.9 Å². The number of aromatic amines is 1. The van der Waals surface area contributed by atoms with Crippen LogP contribution in [0.5, 0.6) is 0 Å². The van der Waals surface area contributed by atoms with Crippen molar-refractivity contribution in [1.29, 1.82) is 0 Å². The number of halogens is 2. The van der Waals surface area contributed by atoms with Crippen LogP contribution >= 0.6 is 23.2 Å². The SMILES string of the molecule is Cc1[nH]n(C)c(=O)c1C(=O)c1ccc(Cl)c(CN2CC(C)OC(C)C2)c1Cl. The number of ether oxygens (including phenoxy) is 1. The average Bonchev–Trinajstić information content (AvgIpc) is 2.82. The molecule has 0 spiro atoms. The normalized spacial score (nSPS) is 20.8. The number of nitrogens with one attached hydrogen (secondary N) is 1. The summed E-state index contributed by atoms with van der Waals surface area (Å²) in [7, 11) is 1.57. The third kappa shape index (κ3) is 3.99. The van der Waals surface area contributed by atoms with E-state index in [0.717, 1.165) is 13.1 Å². The molecule has 1 N–H and O–H groups in total. The average molecular weight is 412 g/mol. The topological polar surface area (TPSA) is 67.3 Å². The van der Waals surface area contributed by atoms with E-state index < -0.39 is 5.78 Å². The summed E-state index contributed by atoms with van der Waals surface area (Å²) in [6.07, 6.45) is 0.225. The van der Waals surface area contributed by atoms with E-state index in [1.807, 2.05) is 13.8 Å². The molecule has 1 aliphatic heterocycles. The summed E-state index contributed by atoms with van der Waals surface area (Å²) in [5.41, 5.74) is 1.21. The standard InChI is InChI=1S/C19H23Cl2N3O3/c1-10-7-24(8-11(2)27-10)9-14-15(20)6-5-13(17(14)21)18(25)16-12(3)22-23(4)19(16)26/h5-6,10-11,22H,7-9H2,1-4H3. The molecule has 1 aliphatic rings. The number of benzene rings is 1. The van der Waals surface area contributed by atoms with E-state index in [9.17, 15) is 9.59 Å². The molecule has 2 aromatic rings. The van der Waals surface area contributed by atoms with Crippen LogP contribution in [0.2, 0.25) is 10.0 Å². The molecule has 0 amide bonds. The third-order valence-electron chi connectivity index (χ3n) is 4.76. The highest BCUT2D eigenvalue weighted by atomic mass is 35.5. The second kappa shape index (κ2) is 7.80. The smallest absolute Gasteiger partial charge is 0.277 e. The Morgan fingerprint density at radius 3 is 2.44 bits per heavy atom. The molecule has 3 rings (SSSR count). The Bertz CT molecular complexity index is 925. The number of aromatic nitrogens is 2. The Hall–Kier alpha value is -1.60. The van der Waals surface area contributed by atoms with Crippen LogP contribution in [0.1, 0.15) is 41.0 Å². The molecule has 8 heteroatoms. The van der Waals surface area contributed by atoms with Gasteiger partial charge in [-0.2, -0.15) is 0 Å². The Kier molecular flexibility index (Phi) is 5.82. The van der Waals surface area contributed by atoms with Crippen LogP contribution in [-0.4, -0.2) is 45.8 Å². The van der Waals surface area contributed by atoms with Gasteiger partial charge in [0.1, 0.15) is 5.56 Å². The van der Waals surface area contributed by atoms with E-state index in [4.69, 9.17) is 27.9 Å². The van der Waals surface area contributed by atoms with Gasteiger partial charge < -0.3 is 4.74 Å². The van der Waals surface area contributed by atoms with Crippen molar-refractivity contribution in [2.24, 2.45) is 7.05 Å². The number of aryl methyl sites for hydroxylation is 2. The first kappa shape index (κ1) is 20.1. The van der Waals surface area contributed by atoms with E-state index >= 15 is 0 Å². The number of hydrogen-bond donors (Lipinski definition) is 1. The summed E-state index contributed by atoms with van der Waals surface area (Å²) in [6.45, 7) is 7.77. The molecule has 2 heterocycles. The summed E-state index contributed by atoms with van der Waals surface area (Å²) < 4.78 is 7.04. The van der Waals surface area contributed by atoms with Crippen LogP contribution < -0.4 is 5.56 Å². The van der Waals surface area contributed by atoms with Gasteiger partial charge in [0.2, 0.25) is 5.78 Å². The van der Waals surface area contributed by atoms with Crippen molar-refractivity contribution in [1.82, 2.24) is 14.7 Å². The minimum absolute atomic E-state index is 0.0984. The van der Waals surface area contributed by atoms with Crippen LogP contribution in [-0.2, 0) is 18.3 Å². The van der Waals surface area contributed by atoms with Gasteiger partial charge in [0.25, 0.3) is 5.56 Å². The first-order chi connectivity index (χ1) is 12.7. The van der Waals surface area contributed by atoms with E-state index in [0.29, 0.717) is 27.8 Å². The highest BCUT2D eigenvalue weighted by Crippen LogP contribution is 2.31. The van der Waals surface area contributed by atoms with Gasteiger partial charge in [-0.1, -0.05) is 23.2 Å². The molecule has 27 heavy (non-hydrogen) atoms. The summed E-state index contributed by atoms with van der Waals surface area (Å²) in [4.78, 5) is 27.5. The number of H-pyrrole nitrogens is 1. The second-order valence-electron chi connectivity index (χ2n) is 7.14. The Labute approximate surface area is 168 Å². The van der Waals surface area contributed by atoms with Crippen LogP contribution in [0, 0.1) is 6.92 Å². The van der Waals surface area contributed by atoms with E-state index in [1.165, 1.54) is 4.68 Å². The third-order valence-corrected chi connectivity index (χ3v) is 5.55. The lowest BCUT2D eigenvalue weighted by Gasteiger charge is -2.35. The number of carbonyl (C=O) groups excluding carboxylic acids is 1. The quantitative estimate of drug-likeness (QED) is 0.784. The maximum atomic E-state index is 13.0. The molecule has 0 bridgehead atoms. The Balaban J connectivity index is 1.96. The fourth-order valence-electron chi connectivity index (χ4n) is 3.64. The molecular formula is C19H23Cl2N3O3. The van der Waals surface area contributed by atoms with Crippen LogP contribution in [0.3, 0.4) is 0 Å². The first-order valence-electron chi connectivity index (χ1n) is 8.84. The lowest BCUT2D eigenvalue weighted by Crippen LogP contribution is -2.44. The Morgan fingerprint density at radius 2 is 1.89 bits per heavy atom. The van der Waals surface area contributed by atoms with Gasteiger partial charge in [0.05, 0.1) is 17.2 Å². The highest BCUT2D eigenvalue weighted by molar-refractivity contribution is 6.38. The Morgan fingerprint density at radius 1 is 1.26 bits per heavy atom. The number of nitrogens with zero attached hydrogens (tertiary/aromatic N) is 2. The van der Waals surface area contributed by atoms with E-state index in [1.54, 1.807) is 26.1 Å². The molecule has 1 saturated heterocycles. The molecule has 2 atom stereocenters. The van der Waals surface area contributed by atoms with Crippen molar-refractivity contribution in [2.75, 3.05) is 13.1 Å². The zero-order chi connectivity index (χ0) is 19.9. The van der Waals surface area contributed by atoms with Gasteiger partial charge in [0, 0.05) is 48.5 Å². The minimum atomic E-state index is -0.402. The van der Waals surface area contributed by atoms with Crippen molar-refractivity contribution < 1.29 is 9.53 Å². The largest absolute Gasteiger partial charge is 0.373 e. The van der Waals surface area contributed by atoms with E-state index in [2.05, 4.69) is 10.00 Å². The molecule has 0 aliphatic carbocycles.